The van der Waals surface area contributed by atoms with Gasteiger partial charge in [-0.2, -0.15) is 0 Å². The van der Waals surface area contributed by atoms with E-state index in [-0.39, 0.29) is 5.91 Å². The van der Waals surface area contributed by atoms with E-state index in [1.54, 1.807) is 23.4 Å². The summed E-state index contributed by atoms with van der Waals surface area (Å²) in [6.45, 7) is 0.835. The molecule has 6 nitrogen and oxygen atoms in total. The number of ether oxygens (including phenoxy) is 1. The van der Waals surface area contributed by atoms with Crippen LogP contribution in [0.15, 0.2) is 36.7 Å². The maximum absolute atomic E-state index is 12.6. The largest absolute Gasteiger partial charge is 0.481 e. The van der Waals surface area contributed by atoms with Crippen molar-refractivity contribution in [2.45, 2.75) is 18.2 Å². The first-order chi connectivity index (χ1) is 10.1. The number of carbonyl (C=O) groups is 2. The minimum absolute atomic E-state index is 0.141. The molecule has 3 aliphatic rings. The van der Waals surface area contributed by atoms with Gasteiger partial charge in [-0.1, -0.05) is 18.2 Å². The Morgan fingerprint density at radius 1 is 1.57 bits per heavy atom. The van der Waals surface area contributed by atoms with Gasteiger partial charge in [-0.15, -0.1) is 0 Å². The van der Waals surface area contributed by atoms with Crippen LogP contribution in [0.4, 0.5) is 0 Å². The van der Waals surface area contributed by atoms with Gasteiger partial charge in [-0.25, -0.2) is 0 Å². The Kier molecular flexibility index (Phi) is 2.47. The number of likely N-dealkylation sites (tertiary alicyclic amines) is 1. The van der Waals surface area contributed by atoms with Crippen LogP contribution in [0.5, 0.6) is 0 Å². The van der Waals surface area contributed by atoms with Crippen molar-refractivity contribution in [2.24, 2.45) is 11.8 Å². The van der Waals surface area contributed by atoms with Crippen molar-refractivity contribution in [3.05, 3.63) is 42.2 Å². The molecule has 1 N–H and O–H groups in total. The number of nitrogens with zero attached hydrogens (tertiary/aromatic N) is 2. The molecule has 0 aromatic carbocycles. The smallest absolute Gasteiger partial charge is 0.310 e. The van der Waals surface area contributed by atoms with Crippen LogP contribution in [0.25, 0.3) is 0 Å². The number of amides is 1. The van der Waals surface area contributed by atoms with Crippen LogP contribution < -0.4 is 0 Å². The highest BCUT2D eigenvalue weighted by Gasteiger charge is 2.66. The summed E-state index contributed by atoms with van der Waals surface area (Å²) in [6.07, 6.45) is 6.55. The highest BCUT2D eigenvalue weighted by Crippen LogP contribution is 2.52. The highest BCUT2D eigenvalue weighted by molar-refractivity contribution is 5.90. The van der Waals surface area contributed by atoms with Gasteiger partial charge in [-0.05, 0) is 11.6 Å². The normalized spacial score (nSPS) is 36.3. The maximum atomic E-state index is 12.6. The van der Waals surface area contributed by atoms with E-state index in [1.165, 1.54) is 0 Å². The van der Waals surface area contributed by atoms with Gasteiger partial charge in [0.05, 0.1) is 18.6 Å². The lowest BCUT2D eigenvalue weighted by atomic mass is 9.77. The molecule has 108 valence electrons. The van der Waals surface area contributed by atoms with Crippen LogP contribution in [0.3, 0.4) is 0 Å². The summed E-state index contributed by atoms with van der Waals surface area (Å²) in [6, 6.07) is 3.71. The fourth-order valence-corrected chi connectivity index (χ4v) is 3.71. The van der Waals surface area contributed by atoms with E-state index in [1.807, 2.05) is 18.2 Å². The van der Waals surface area contributed by atoms with E-state index in [0.29, 0.717) is 13.1 Å². The van der Waals surface area contributed by atoms with Gasteiger partial charge in [0.1, 0.15) is 11.5 Å². The molecule has 0 aliphatic carbocycles. The number of rotatable bonds is 3. The molecule has 1 aromatic heterocycles. The summed E-state index contributed by atoms with van der Waals surface area (Å²) in [5.74, 6) is -2.49. The van der Waals surface area contributed by atoms with Crippen molar-refractivity contribution in [1.29, 1.82) is 0 Å². The van der Waals surface area contributed by atoms with Crippen LogP contribution in [0, 0.1) is 11.8 Å². The summed E-state index contributed by atoms with van der Waals surface area (Å²) in [4.78, 5) is 29.8. The quantitative estimate of drug-likeness (QED) is 0.816. The summed E-state index contributed by atoms with van der Waals surface area (Å²) < 4.78 is 5.83. The van der Waals surface area contributed by atoms with Crippen LogP contribution in [-0.2, 0) is 20.9 Å². The Morgan fingerprint density at radius 3 is 3.14 bits per heavy atom. The molecule has 4 rings (SSSR count). The Bertz CT molecular complexity index is 644. The molecule has 1 spiro atoms. The van der Waals surface area contributed by atoms with Crippen molar-refractivity contribution in [1.82, 2.24) is 9.88 Å². The SMILES string of the molecule is O=C(O)[C@H]1[C@H]2C=CC3(CN(Cc4cccnc4)C(=O)[C@@H]13)O2. The lowest BCUT2D eigenvalue weighted by Gasteiger charge is -2.21. The molecular formula is C15H14N2O4. The van der Waals surface area contributed by atoms with Gasteiger partial charge >= 0.3 is 5.97 Å². The molecular weight excluding hydrogens is 272 g/mol. The van der Waals surface area contributed by atoms with Gasteiger partial charge in [0.25, 0.3) is 0 Å². The number of aliphatic carboxylic acids is 1. The Labute approximate surface area is 121 Å². The number of fused-ring (bicyclic) bond motifs is 1. The zero-order valence-electron chi connectivity index (χ0n) is 11.2. The molecule has 6 heteroatoms. The van der Waals surface area contributed by atoms with Crippen LogP contribution >= 0.6 is 0 Å². The Hall–Kier alpha value is -2.21. The second-order valence-corrected chi connectivity index (χ2v) is 5.79. The molecule has 2 saturated heterocycles. The first kappa shape index (κ1) is 12.5. The topological polar surface area (TPSA) is 79.7 Å². The summed E-state index contributed by atoms with van der Waals surface area (Å²) in [5.41, 5.74) is 0.167. The van der Waals surface area contributed by atoms with Gasteiger partial charge in [0.2, 0.25) is 5.91 Å². The van der Waals surface area contributed by atoms with Gasteiger partial charge in [0, 0.05) is 18.9 Å². The summed E-state index contributed by atoms with van der Waals surface area (Å²) >= 11 is 0. The third-order valence-electron chi connectivity index (χ3n) is 4.56. The molecule has 1 aromatic rings. The standard InChI is InChI=1S/C15H14N2O4/c18-13-12-11(14(19)20)10-3-4-15(12,21-10)8-17(13)7-9-2-1-5-16-6-9/h1-6,10-12H,7-8H2,(H,19,20)/t10-,11+,12-,15?/m1/s1. The monoisotopic (exact) mass is 286 g/mol. The van der Waals surface area contributed by atoms with Crippen LogP contribution in [0.2, 0.25) is 0 Å². The van der Waals surface area contributed by atoms with Crippen molar-refractivity contribution in [2.75, 3.05) is 6.54 Å². The molecule has 0 saturated carbocycles. The van der Waals surface area contributed by atoms with Crippen LogP contribution in [0.1, 0.15) is 5.56 Å². The summed E-state index contributed by atoms with van der Waals surface area (Å²) in [7, 11) is 0. The molecule has 3 aliphatic heterocycles. The summed E-state index contributed by atoms with van der Waals surface area (Å²) in [5, 5.41) is 9.38. The number of aromatic nitrogens is 1. The average molecular weight is 286 g/mol. The van der Waals surface area contributed by atoms with E-state index in [0.717, 1.165) is 5.56 Å². The van der Waals surface area contributed by atoms with E-state index < -0.39 is 29.5 Å². The Morgan fingerprint density at radius 2 is 2.43 bits per heavy atom. The highest BCUT2D eigenvalue weighted by atomic mass is 16.5. The molecule has 21 heavy (non-hydrogen) atoms. The molecule has 2 fully saturated rings. The molecule has 1 amide bonds. The van der Waals surface area contributed by atoms with Gasteiger partial charge < -0.3 is 14.7 Å². The zero-order valence-corrected chi connectivity index (χ0v) is 11.2. The van der Waals surface area contributed by atoms with E-state index in [9.17, 15) is 14.7 Å². The second kappa shape index (κ2) is 4.14. The first-order valence-corrected chi connectivity index (χ1v) is 6.88. The van der Waals surface area contributed by atoms with Crippen molar-refractivity contribution >= 4 is 11.9 Å². The Balaban J connectivity index is 1.63. The van der Waals surface area contributed by atoms with Gasteiger partial charge in [0.15, 0.2) is 0 Å². The minimum Gasteiger partial charge on any atom is -0.481 e. The number of pyridine rings is 1. The molecule has 1 unspecified atom stereocenters. The number of carbonyl (C=O) groups excluding carboxylic acids is 1. The van der Waals surface area contributed by atoms with Crippen molar-refractivity contribution < 1.29 is 19.4 Å². The van der Waals surface area contributed by atoms with Crippen LogP contribution in [-0.4, -0.2) is 45.1 Å². The molecule has 4 heterocycles. The average Bonchev–Trinajstić information content (AvgIpc) is 3.09. The number of hydrogen-bond acceptors (Lipinski definition) is 4. The third-order valence-corrected chi connectivity index (χ3v) is 4.56. The van der Waals surface area contributed by atoms with E-state index in [4.69, 9.17) is 4.74 Å². The zero-order chi connectivity index (χ0) is 14.6. The lowest BCUT2D eigenvalue weighted by Crippen LogP contribution is -2.39. The minimum atomic E-state index is -0.965. The fraction of sp³-hybridized carbons (Fsp3) is 0.400. The maximum Gasteiger partial charge on any atom is 0.310 e. The molecule has 4 atom stereocenters. The van der Waals surface area contributed by atoms with E-state index in [2.05, 4.69) is 4.98 Å². The second-order valence-electron chi connectivity index (χ2n) is 5.79. The van der Waals surface area contributed by atoms with Crippen molar-refractivity contribution in [3.8, 4) is 0 Å². The predicted octanol–water partition coefficient (Wildman–Crippen LogP) is 0.448. The van der Waals surface area contributed by atoms with E-state index >= 15 is 0 Å². The van der Waals surface area contributed by atoms with Gasteiger partial charge in [-0.3, -0.25) is 14.6 Å². The molecule has 0 radical (unpaired) electrons. The number of hydrogen-bond donors (Lipinski definition) is 1. The predicted molar refractivity (Wildman–Crippen MR) is 71.0 cm³/mol. The number of carboxylic acids is 1. The number of carboxylic acid groups (broad SMARTS) is 1. The first-order valence-electron chi connectivity index (χ1n) is 6.88. The fourth-order valence-electron chi connectivity index (χ4n) is 3.71. The third kappa shape index (κ3) is 1.65. The van der Waals surface area contributed by atoms with Crippen molar-refractivity contribution in [3.63, 3.8) is 0 Å². The molecule has 2 bridgehead atoms. The lowest BCUT2D eigenvalue weighted by molar-refractivity contribution is -0.148.